The minimum absolute atomic E-state index is 0.0495. The summed E-state index contributed by atoms with van der Waals surface area (Å²) in [6.45, 7) is 6.41. The largest absolute Gasteiger partial charge is 0.497 e. The molecule has 1 N–H and O–H groups in total. The zero-order valence-corrected chi connectivity index (χ0v) is 19.3. The Morgan fingerprint density at radius 3 is 2.36 bits per heavy atom. The van der Waals surface area contributed by atoms with Gasteiger partial charge in [0.1, 0.15) is 5.75 Å². The first kappa shape index (κ1) is 23.1. The molecule has 1 aromatic heterocycles. The molecule has 8 nitrogen and oxygen atoms in total. The van der Waals surface area contributed by atoms with Gasteiger partial charge in [0.2, 0.25) is 5.91 Å². The number of morpholine rings is 1. The Bertz CT molecular complexity index is 1130. The zero-order chi connectivity index (χ0) is 23.2. The summed E-state index contributed by atoms with van der Waals surface area (Å²) in [5, 5.41) is 3.09. The number of methoxy groups -OCH3 is 1. The van der Waals surface area contributed by atoms with Crippen molar-refractivity contribution >= 4 is 16.9 Å². The Balaban J connectivity index is 1.43. The molecule has 1 amide bonds. The number of fused-ring (bicyclic) bond motifs is 1. The summed E-state index contributed by atoms with van der Waals surface area (Å²) < 4.78 is 14.2. The van der Waals surface area contributed by atoms with Gasteiger partial charge in [-0.1, -0.05) is 24.3 Å². The predicted molar refractivity (Wildman–Crippen MR) is 128 cm³/mol. The van der Waals surface area contributed by atoms with Crippen LogP contribution in [0.3, 0.4) is 0 Å². The Kier molecular flexibility index (Phi) is 7.47. The second-order valence-corrected chi connectivity index (χ2v) is 8.16. The Morgan fingerprint density at radius 2 is 1.73 bits per heavy atom. The average molecular weight is 453 g/mol. The van der Waals surface area contributed by atoms with Crippen LogP contribution >= 0.6 is 0 Å². The van der Waals surface area contributed by atoms with E-state index in [1.54, 1.807) is 16.2 Å². The van der Waals surface area contributed by atoms with E-state index in [0.717, 1.165) is 35.4 Å². The molecule has 0 saturated carbocycles. The third-order valence-electron chi connectivity index (χ3n) is 6.28. The van der Waals surface area contributed by atoms with Gasteiger partial charge >= 0.3 is 5.69 Å². The first-order valence-corrected chi connectivity index (χ1v) is 11.5. The van der Waals surface area contributed by atoms with Gasteiger partial charge in [-0.25, -0.2) is 4.79 Å². The number of amides is 1. The molecule has 8 heteroatoms. The molecule has 0 radical (unpaired) electrons. The van der Waals surface area contributed by atoms with Crippen molar-refractivity contribution in [1.82, 2.24) is 19.4 Å². The van der Waals surface area contributed by atoms with Gasteiger partial charge in [-0.2, -0.15) is 0 Å². The van der Waals surface area contributed by atoms with E-state index in [2.05, 4.69) is 10.2 Å². The normalized spacial score (nSPS) is 15.5. The van der Waals surface area contributed by atoms with E-state index in [4.69, 9.17) is 9.47 Å². The molecule has 0 aliphatic carbocycles. The maximum absolute atomic E-state index is 12.8. The average Bonchev–Trinajstić information content (AvgIpc) is 3.14. The fourth-order valence-corrected chi connectivity index (χ4v) is 4.48. The molecule has 1 aliphatic rings. The Hall–Kier alpha value is -3.10. The van der Waals surface area contributed by atoms with Crippen LogP contribution in [0.2, 0.25) is 0 Å². The van der Waals surface area contributed by atoms with Crippen LogP contribution in [0.1, 0.15) is 24.9 Å². The maximum atomic E-state index is 12.8. The van der Waals surface area contributed by atoms with E-state index in [1.165, 1.54) is 0 Å². The lowest BCUT2D eigenvalue weighted by Crippen LogP contribution is -2.44. The van der Waals surface area contributed by atoms with Crippen LogP contribution in [-0.4, -0.2) is 59.9 Å². The zero-order valence-electron chi connectivity index (χ0n) is 19.3. The number of para-hydroxylation sites is 2. The SMILES string of the molecule is CCn1c(=O)n(CCC(=O)NCC(c2ccc(OC)cc2)N2CCOCC2)c2ccccc21. The number of hydrogen-bond donors (Lipinski definition) is 1. The minimum atomic E-state index is -0.0732. The lowest BCUT2D eigenvalue weighted by molar-refractivity contribution is -0.121. The molecule has 1 unspecified atom stereocenters. The van der Waals surface area contributed by atoms with E-state index in [0.29, 0.717) is 32.8 Å². The van der Waals surface area contributed by atoms with Crippen LogP contribution in [-0.2, 0) is 22.6 Å². The molecule has 1 fully saturated rings. The van der Waals surface area contributed by atoms with Gasteiger partial charge in [0.15, 0.2) is 0 Å². The Labute approximate surface area is 193 Å². The summed E-state index contributed by atoms with van der Waals surface area (Å²) >= 11 is 0. The molecule has 176 valence electrons. The van der Waals surface area contributed by atoms with Gasteiger partial charge in [0, 0.05) is 39.1 Å². The van der Waals surface area contributed by atoms with Crippen molar-refractivity contribution in [2.45, 2.75) is 32.5 Å². The summed E-state index contributed by atoms with van der Waals surface area (Å²) in [6.07, 6.45) is 0.246. The van der Waals surface area contributed by atoms with Gasteiger partial charge < -0.3 is 14.8 Å². The number of benzene rings is 2. The molecular formula is C25H32N4O4. The summed E-state index contributed by atoms with van der Waals surface area (Å²) in [5.74, 6) is 0.738. The number of ether oxygens (including phenoxy) is 2. The molecule has 0 bridgehead atoms. The van der Waals surface area contributed by atoms with Gasteiger partial charge in [-0.05, 0) is 36.8 Å². The number of imidazole rings is 1. The summed E-state index contributed by atoms with van der Waals surface area (Å²) in [7, 11) is 1.65. The van der Waals surface area contributed by atoms with Crippen molar-refractivity contribution in [3.63, 3.8) is 0 Å². The second-order valence-electron chi connectivity index (χ2n) is 8.16. The number of carbonyl (C=O) groups is 1. The highest BCUT2D eigenvalue weighted by atomic mass is 16.5. The number of nitrogens with one attached hydrogen (secondary N) is 1. The molecular weight excluding hydrogens is 420 g/mol. The third kappa shape index (κ3) is 5.12. The van der Waals surface area contributed by atoms with Gasteiger partial charge in [0.25, 0.3) is 0 Å². The fourth-order valence-electron chi connectivity index (χ4n) is 4.48. The van der Waals surface area contributed by atoms with E-state index in [9.17, 15) is 9.59 Å². The van der Waals surface area contributed by atoms with Crippen molar-refractivity contribution in [3.05, 3.63) is 64.6 Å². The molecule has 1 atom stereocenters. The number of aryl methyl sites for hydroxylation is 2. The smallest absolute Gasteiger partial charge is 0.329 e. The summed E-state index contributed by atoms with van der Waals surface area (Å²) in [4.78, 5) is 27.9. The number of nitrogens with zero attached hydrogens (tertiary/aromatic N) is 3. The van der Waals surface area contributed by atoms with Crippen LogP contribution in [0.25, 0.3) is 11.0 Å². The van der Waals surface area contributed by atoms with E-state index in [1.807, 2.05) is 55.5 Å². The second kappa shape index (κ2) is 10.7. The summed E-state index contributed by atoms with van der Waals surface area (Å²) in [5.41, 5.74) is 2.81. The first-order valence-electron chi connectivity index (χ1n) is 11.5. The molecule has 1 aliphatic heterocycles. The van der Waals surface area contributed by atoms with Crippen molar-refractivity contribution in [1.29, 1.82) is 0 Å². The topological polar surface area (TPSA) is 77.7 Å². The van der Waals surface area contributed by atoms with Crippen molar-refractivity contribution < 1.29 is 14.3 Å². The number of hydrogen-bond acceptors (Lipinski definition) is 5. The van der Waals surface area contributed by atoms with Gasteiger partial charge in [-0.3, -0.25) is 18.8 Å². The third-order valence-corrected chi connectivity index (χ3v) is 6.28. The highest BCUT2D eigenvalue weighted by Gasteiger charge is 2.23. The van der Waals surface area contributed by atoms with Crippen LogP contribution < -0.4 is 15.7 Å². The van der Waals surface area contributed by atoms with E-state index >= 15 is 0 Å². The molecule has 4 rings (SSSR count). The summed E-state index contributed by atoms with van der Waals surface area (Å²) in [6, 6.07) is 15.7. The fraction of sp³-hybridized carbons (Fsp3) is 0.440. The molecule has 1 saturated heterocycles. The minimum Gasteiger partial charge on any atom is -0.497 e. The van der Waals surface area contributed by atoms with Crippen molar-refractivity contribution in [2.24, 2.45) is 0 Å². The van der Waals surface area contributed by atoms with Gasteiger partial charge in [-0.15, -0.1) is 0 Å². The molecule has 3 aromatic rings. The number of aromatic nitrogens is 2. The van der Waals surface area contributed by atoms with E-state index < -0.39 is 0 Å². The first-order chi connectivity index (χ1) is 16.1. The molecule has 2 heterocycles. The van der Waals surface area contributed by atoms with Crippen LogP contribution in [0.5, 0.6) is 5.75 Å². The van der Waals surface area contributed by atoms with Gasteiger partial charge in [0.05, 0.1) is 37.4 Å². The van der Waals surface area contributed by atoms with Crippen molar-refractivity contribution in [3.8, 4) is 5.75 Å². The predicted octanol–water partition coefficient (Wildman–Crippen LogP) is 2.41. The molecule has 33 heavy (non-hydrogen) atoms. The maximum Gasteiger partial charge on any atom is 0.329 e. The standard InChI is InChI=1S/C25H32N4O4/c1-3-28-21-6-4-5-7-22(21)29(25(28)31)13-12-24(30)26-18-23(27-14-16-33-17-15-27)19-8-10-20(32-2)11-9-19/h4-11,23H,3,12-18H2,1-2H3,(H,26,30). The van der Waals surface area contributed by atoms with Crippen LogP contribution in [0, 0.1) is 0 Å². The highest BCUT2D eigenvalue weighted by molar-refractivity contribution is 5.78. The van der Waals surface area contributed by atoms with Crippen LogP contribution in [0.15, 0.2) is 53.3 Å². The highest BCUT2D eigenvalue weighted by Crippen LogP contribution is 2.23. The monoisotopic (exact) mass is 452 g/mol. The lowest BCUT2D eigenvalue weighted by Gasteiger charge is -2.35. The lowest BCUT2D eigenvalue weighted by atomic mass is 10.0. The number of carbonyl (C=O) groups excluding carboxylic acids is 1. The number of rotatable bonds is 9. The molecule has 0 spiro atoms. The van der Waals surface area contributed by atoms with Crippen LogP contribution in [0.4, 0.5) is 0 Å². The molecule has 2 aromatic carbocycles. The quantitative estimate of drug-likeness (QED) is 0.540. The van der Waals surface area contributed by atoms with Crippen molar-refractivity contribution in [2.75, 3.05) is 40.0 Å². The van der Waals surface area contributed by atoms with E-state index in [-0.39, 0.29) is 24.1 Å². The Morgan fingerprint density at radius 1 is 1.06 bits per heavy atom.